The molecule has 2 rings (SSSR count). The summed E-state index contributed by atoms with van der Waals surface area (Å²) in [5.74, 6) is 0.227. The first-order valence-electron chi connectivity index (χ1n) is 5.56. The van der Waals surface area contributed by atoms with E-state index in [2.05, 4.69) is 24.0 Å². The smallest absolute Gasteiger partial charge is 0.0789 e. The van der Waals surface area contributed by atoms with Gasteiger partial charge < -0.3 is 5.11 Å². The SMILES string of the molecule is C[C@@H]([C@H](O)C1C=CC=C1)N1CCCC1. The number of rotatable bonds is 3. The van der Waals surface area contributed by atoms with Gasteiger partial charge in [-0.2, -0.15) is 0 Å². The third-order valence-corrected chi connectivity index (χ3v) is 3.38. The van der Waals surface area contributed by atoms with Crippen LogP contribution in [0.5, 0.6) is 0 Å². The van der Waals surface area contributed by atoms with Crippen molar-refractivity contribution in [1.29, 1.82) is 0 Å². The van der Waals surface area contributed by atoms with E-state index in [1.165, 1.54) is 12.8 Å². The normalized spacial score (nSPS) is 27.3. The molecule has 0 radical (unpaired) electrons. The van der Waals surface area contributed by atoms with E-state index in [0.717, 1.165) is 13.1 Å². The van der Waals surface area contributed by atoms with Gasteiger partial charge in [-0.25, -0.2) is 0 Å². The standard InChI is InChI=1S/C12H19NO/c1-10(13-8-4-5-9-13)12(14)11-6-2-3-7-11/h2-3,6-7,10-12,14H,4-5,8-9H2,1H3/t10-,12-/m0/s1. The van der Waals surface area contributed by atoms with Crippen molar-refractivity contribution in [1.82, 2.24) is 4.90 Å². The van der Waals surface area contributed by atoms with Crippen molar-refractivity contribution < 1.29 is 5.11 Å². The summed E-state index contributed by atoms with van der Waals surface area (Å²) in [6.45, 7) is 4.44. The van der Waals surface area contributed by atoms with E-state index in [4.69, 9.17) is 0 Å². The highest BCUT2D eigenvalue weighted by molar-refractivity contribution is 5.19. The van der Waals surface area contributed by atoms with E-state index in [1.54, 1.807) is 0 Å². The fourth-order valence-corrected chi connectivity index (χ4v) is 2.36. The molecule has 14 heavy (non-hydrogen) atoms. The Balaban J connectivity index is 1.92. The largest absolute Gasteiger partial charge is 0.391 e. The van der Waals surface area contributed by atoms with E-state index in [-0.39, 0.29) is 18.1 Å². The van der Waals surface area contributed by atoms with Crippen LogP contribution in [-0.4, -0.2) is 35.2 Å². The van der Waals surface area contributed by atoms with Crippen molar-refractivity contribution in [2.75, 3.05) is 13.1 Å². The van der Waals surface area contributed by atoms with Crippen LogP contribution in [0.2, 0.25) is 0 Å². The molecule has 1 aliphatic heterocycles. The molecule has 0 saturated carbocycles. The average Bonchev–Trinajstić information content (AvgIpc) is 2.87. The number of hydrogen-bond acceptors (Lipinski definition) is 2. The van der Waals surface area contributed by atoms with Crippen LogP contribution < -0.4 is 0 Å². The Hall–Kier alpha value is -0.600. The van der Waals surface area contributed by atoms with E-state index in [0.29, 0.717) is 0 Å². The Kier molecular flexibility index (Phi) is 3.04. The van der Waals surface area contributed by atoms with Gasteiger partial charge in [-0.3, -0.25) is 4.90 Å². The third kappa shape index (κ3) is 1.91. The minimum absolute atomic E-state index is 0.227. The van der Waals surface area contributed by atoms with Crippen molar-refractivity contribution in [3.8, 4) is 0 Å². The minimum atomic E-state index is -0.247. The zero-order chi connectivity index (χ0) is 9.97. The van der Waals surface area contributed by atoms with E-state index < -0.39 is 0 Å². The molecular formula is C12H19NO. The number of aliphatic hydroxyl groups excluding tert-OH is 1. The fourth-order valence-electron chi connectivity index (χ4n) is 2.36. The molecule has 0 bridgehead atoms. The molecule has 1 saturated heterocycles. The lowest BCUT2D eigenvalue weighted by molar-refractivity contribution is 0.0545. The Morgan fingerprint density at radius 3 is 2.36 bits per heavy atom. The van der Waals surface area contributed by atoms with Crippen molar-refractivity contribution in [2.45, 2.75) is 31.9 Å². The summed E-state index contributed by atoms with van der Waals surface area (Å²) < 4.78 is 0. The first kappa shape index (κ1) is 9.94. The van der Waals surface area contributed by atoms with Crippen LogP contribution in [0.4, 0.5) is 0 Å². The predicted octanol–water partition coefficient (Wildman–Crippen LogP) is 1.57. The topological polar surface area (TPSA) is 23.5 Å². The van der Waals surface area contributed by atoms with Gasteiger partial charge in [-0.05, 0) is 32.9 Å². The first-order chi connectivity index (χ1) is 6.79. The average molecular weight is 193 g/mol. The van der Waals surface area contributed by atoms with E-state index >= 15 is 0 Å². The quantitative estimate of drug-likeness (QED) is 0.735. The summed E-state index contributed by atoms with van der Waals surface area (Å²) in [7, 11) is 0. The van der Waals surface area contributed by atoms with Gasteiger partial charge in [0.05, 0.1) is 6.10 Å². The van der Waals surface area contributed by atoms with Crippen molar-refractivity contribution in [3.05, 3.63) is 24.3 Å². The van der Waals surface area contributed by atoms with Crippen LogP contribution in [0.3, 0.4) is 0 Å². The number of likely N-dealkylation sites (tertiary alicyclic amines) is 1. The molecule has 1 fully saturated rings. The zero-order valence-electron chi connectivity index (χ0n) is 8.76. The summed E-state index contributed by atoms with van der Waals surface area (Å²) in [4.78, 5) is 2.39. The Morgan fingerprint density at radius 2 is 1.79 bits per heavy atom. The molecule has 2 heteroatoms. The molecule has 0 aromatic heterocycles. The highest BCUT2D eigenvalue weighted by Crippen LogP contribution is 2.21. The van der Waals surface area contributed by atoms with Crippen molar-refractivity contribution in [3.63, 3.8) is 0 Å². The molecule has 0 unspecified atom stereocenters. The summed E-state index contributed by atoms with van der Waals surface area (Å²) in [5.41, 5.74) is 0. The maximum Gasteiger partial charge on any atom is 0.0789 e. The van der Waals surface area contributed by atoms with Crippen LogP contribution >= 0.6 is 0 Å². The molecule has 2 nitrogen and oxygen atoms in total. The molecular weight excluding hydrogens is 174 g/mol. The maximum atomic E-state index is 10.1. The summed E-state index contributed by atoms with van der Waals surface area (Å²) in [6, 6.07) is 0.287. The molecule has 1 heterocycles. The van der Waals surface area contributed by atoms with E-state index in [1.807, 2.05) is 12.2 Å². The van der Waals surface area contributed by atoms with Crippen molar-refractivity contribution >= 4 is 0 Å². The lowest BCUT2D eigenvalue weighted by Gasteiger charge is -2.30. The second-order valence-corrected chi connectivity index (χ2v) is 4.32. The monoisotopic (exact) mass is 193 g/mol. The Bertz CT molecular complexity index is 229. The zero-order valence-corrected chi connectivity index (χ0v) is 8.76. The van der Waals surface area contributed by atoms with Crippen LogP contribution in [0, 0.1) is 5.92 Å². The fraction of sp³-hybridized carbons (Fsp3) is 0.667. The summed E-state index contributed by atoms with van der Waals surface area (Å²) in [5, 5.41) is 10.1. The molecule has 78 valence electrons. The second-order valence-electron chi connectivity index (χ2n) is 4.32. The number of aliphatic hydroxyl groups is 1. The summed E-state index contributed by atoms with van der Waals surface area (Å²) in [6.07, 6.45) is 10.5. The molecule has 0 amide bonds. The number of allylic oxidation sites excluding steroid dienone is 2. The van der Waals surface area contributed by atoms with Gasteiger partial charge in [-0.15, -0.1) is 0 Å². The van der Waals surface area contributed by atoms with Gasteiger partial charge in [0.2, 0.25) is 0 Å². The van der Waals surface area contributed by atoms with Crippen LogP contribution in [0.15, 0.2) is 24.3 Å². The Labute approximate surface area is 85.9 Å². The highest BCUT2D eigenvalue weighted by atomic mass is 16.3. The second kappa shape index (κ2) is 4.28. The summed E-state index contributed by atoms with van der Waals surface area (Å²) >= 11 is 0. The highest BCUT2D eigenvalue weighted by Gasteiger charge is 2.28. The van der Waals surface area contributed by atoms with Crippen molar-refractivity contribution in [2.24, 2.45) is 5.92 Å². The van der Waals surface area contributed by atoms with Gasteiger partial charge in [0.15, 0.2) is 0 Å². The Morgan fingerprint density at radius 1 is 1.21 bits per heavy atom. The molecule has 2 atom stereocenters. The molecule has 0 aromatic carbocycles. The van der Waals surface area contributed by atoms with Gasteiger partial charge >= 0.3 is 0 Å². The lowest BCUT2D eigenvalue weighted by atomic mass is 9.98. The molecule has 0 spiro atoms. The number of hydrogen-bond donors (Lipinski definition) is 1. The van der Waals surface area contributed by atoms with Gasteiger partial charge in [0, 0.05) is 12.0 Å². The molecule has 0 aromatic rings. The maximum absolute atomic E-state index is 10.1. The van der Waals surface area contributed by atoms with Gasteiger partial charge in [-0.1, -0.05) is 24.3 Å². The van der Waals surface area contributed by atoms with E-state index in [9.17, 15) is 5.11 Å². The van der Waals surface area contributed by atoms with Gasteiger partial charge in [0.25, 0.3) is 0 Å². The lowest BCUT2D eigenvalue weighted by Crippen LogP contribution is -2.42. The predicted molar refractivity (Wildman–Crippen MR) is 58.0 cm³/mol. The van der Waals surface area contributed by atoms with Crippen LogP contribution in [0.25, 0.3) is 0 Å². The van der Waals surface area contributed by atoms with Crippen LogP contribution in [0.1, 0.15) is 19.8 Å². The van der Waals surface area contributed by atoms with Crippen LogP contribution in [-0.2, 0) is 0 Å². The molecule has 1 aliphatic carbocycles. The number of nitrogens with zero attached hydrogens (tertiary/aromatic N) is 1. The molecule has 2 aliphatic rings. The minimum Gasteiger partial charge on any atom is -0.391 e. The van der Waals surface area contributed by atoms with Gasteiger partial charge in [0.1, 0.15) is 0 Å². The third-order valence-electron chi connectivity index (χ3n) is 3.38. The molecule has 1 N–H and O–H groups in total. The first-order valence-corrected chi connectivity index (χ1v) is 5.56.